The molecule has 5 bridgehead atoms. The van der Waals surface area contributed by atoms with Gasteiger partial charge >= 0.3 is 5.97 Å². The van der Waals surface area contributed by atoms with Gasteiger partial charge in [-0.2, -0.15) is 0 Å². The van der Waals surface area contributed by atoms with Crippen LogP contribution in [-0.2, 0) is 32.7 Å². The molecule has 10 aliphatic rings. The number of likely N-dealkylation sites (tertiary alicyclic amines) is 1. The number of ether oxygens (including phenoxy) is 4. The van der Waals surface area contributed by atoms with Gasteiger partial charge in [-0.25, -0.2) is 0 Å². The van der Waals surface area contributed by atoms with E-state index in [-0.39, 0.29) is 40.7 Å². The number of aliphatic hydroxyl groups is 1. The number of likely N-dealkylation sites (N-methyl/N-ethyl adjacent to an activating group) is 1. The number of aromatic nitrogens is 2. The van der Waals surface area contributed by atoms with Crippen LogP contribution in [-0.4, -0.2) is 163 Å². The lowest BCUT2D eigenvalue weighted by Crippen LogP contribution is -2.48. The van der Waals surface area contributed by atoms with Crippen LogP contribution in [0.15, 0.2) is 102 Å². The van der Waals surface area contributed by atoms with Crippen LogP contribution in [0, 0.1) is 53.3 Å². The Bertz CT molecular complexity index is 3250. The summed E-state index contributed by atoms with van der Waals surface area (Å²) < 4.78 is 23.8. The molecule has 7 heterocycles. The largest absolute Gasteiger partial charge is 0.497 e. The molecule has 6 aliphatic heterocycles. The van der Waals surface area contributed by atoms with Gasteiger partial charge in [0.15, 0.2) is 18.1 Å². The van der Waals surface area contributed by atoms with E-state index < -0.39 is 6.10 Å². The molecule has 4 aliphatic carbocycles. The van der Waals surface area contributed by atoms with Crippen LogP contribution < -0.4 is 19.5 Å². The highest BCUT2D eigenvalue weighted by molar-refractivity contribution is 5.77. The number of aliphatic hydroxyl groups excluding tert-OH is 1. The highest BCUT2D eigenvalue weighted by atomic mass is 16.6. The number of benzene rings is 3. The van der Waals surface area contributed by atoms with Crippen LogP contribution in [0.25, 0.3) is 11.3 Å². The Balaban J connectivity index is 0.000000130. The Morgan fingerprint density at radius 3 is 2.38 bits per heavy atom. The highest BCUT2D eigenvalue weighted by Crippen LogP contribution is 2.59. The van der Waals surface area contributed by atoms with Crippen molar-refractivity contribution < 1.29 is 33.7 Å². The van der Waals surface area contributed by atoms with Gasteiger partial charge in [-0.15, -0.1) is 10.2 Å². The molecule has 8 unspecified atom stereocenters. The maximum atomic E-state index is 13.4. The number of oxime groups is 1. The molecule has 2 spiro atoms. The maximum absolute atomic E-state index is 13.4. The summed E-state index contributed by atoms with van der Waals surface area (Å²) in [4.78, 5) is 28.3. The molecular weight excluding hydrogens is 1140 g/mol. The lowest BCUT2D eigenvalue weighted by Gasteiger charge is -2.38. The topological polar surface area (TPSA) is 147 Å². The Kier molecular flexibility index (Phi) is 21.5. The number of carbonyl (C=O) groups is 1. The van der Waals surface area contributed by atoms with Crippen molar-refractivity contribution >= 4 is 18.0 Å². The third-order valence-electron chi connectivity index (χ3n) is 22.1. The number of nitrogens with zero attached hydrogens (tertiary/aromatic N) is 7. The molecule has 0 amide bonds. The number of hydrogen-bond donors (Lipinski definition) is 2. The van der Waals surface area contributed by atoms with Crippen LogP contribution in [0.3, 0.4) is 0 Å². The number of fused-ring (bicyclic) bond motifs is 4. The molecule has 0 radical (unpaired) electrons. The van der Waals surface area contributed by atoms with Gasteiger partial charge in [0.1, 0.15) is 17.7 Å². The molecule has 490 valence electrons. The molecule has 14 rings (SSSR count). The first-order chi connectivity index (χ1) is 44.0. The third-order valence-corrected chi connectivity index (χ3v) is 22.1. The summed E-state index contributed by atoms with van der Waals surface area (Å²) >= 11 is 0. The van der Waals surface area contributed by atoms with Crippen molar-refractivity contribution in [2.45, 2.75) is 166 Å². The summed E-state index contributed by atoms with van der Waals surface area (Å²) in [5.74, 6) is 13.3. The molecule has 7 fully saturated rings. The van der Waals surface area contributed by atoms with Crippen LogP contribution >= 0.6 is 0 Å². The fraction of sp³-hybridized carbons (Fsp3) is 0.605. The Hall–Kier alpha value is -6.12. The molecule has 12 atom stereocenters. The van der Waals surface area contributed by atoms with E-state index in [1.54, 1.807) is 7.11 Å². The van der Waals surface area contributed by atoms with E-state index in [2.05, 4.69) is 145 Å². The second-order valence-electron chi connectivity index (χ2n) is 28.7. The standard InChI is InChI=1S/C27H33NO4.C21H32N4.C17H20N2O2.C11H19NO/c1-28-7-6-27-5-4-20(29)13-23(27)32-25-22(3-2-16(14-28)24(25)27)31-26(30)21-12-18-9-15-8-17(18)11-19(21)10-15;1-6-12-18-15-19(22-16-21(4,5)25(7-2)8-3)23-24-20(18)17-13-10-9-11-14-17;1-20-17-6-2-4-14(10-17)5-3-9-21-18-11-16-13-19-8-7-15(16)12-19;1-9-8-11(13-10(9)2)4-6-12(3)7-5-11/h2-5,15,17-21,23,29H,6-14H2,1H3;9-11,13-15H,6-8,12,16H2,1-5H3,(H,22,23);2,4,6,10-11,15-16H,7-9,12-13H2,1H3;10H,1,4-8H2,2-3H3/b;;18-11+;/t15?,17?,18?,19?,20-,21?,23-,27-;;15-,16?;/m0.1./s1. The fourth-order valence-electron chi connectivity index (χ4n) is 17.1. The zero-order valence-electron chi connectivity index (χ0n) is 56.1. The van der Waals surface area contributed by atoms with E-state index in [0.29, 0.717) is 30.6 Å². The smallest absolute Gasteiger partial charge is 0.314 e. The van der Waals surface area contributed by atoms with Crippen molar-refractivity contribution in [2.75, 3.05) is 92.0 Å². The number of carbonyl (C=O) groups excluding carboxylic acids is 1. The molecule has 3 saturated carbocycles. The van der Waals surface area contributed by atoms with E-state index >= 15 is 0 Å². The van der Waals surface area contributed by atoms with Crippen molar-refractivity contribution in [1.29, 1.82) is 0 Å². The van der Waals surface area contributed by atoms with Gasteiger partial charge in [0, 0.05) is 80.1 Å². The van der Waals surface area contributed by atoms with Crippen molar-refractivity contribution in [1.82, 2.24) is 29.8 Å². The summed E-state index contributed by atoms with van der Waals surface area (Å²) in [7, 11) is 5.98. The van der Waals surface area contributed by atoms with Crippen molar-refractivity contribution in [3.8, 4) is 40.3 Å². The van der Waals surface area contributed by atoms with Crippen LogP contribution in [0.5, 0.6) is 17.2 Å². The van der Waals surface area contributed by atoms with E-state index in [0.717, 1.165) is 129 Å². The normalized spacial score (nSPS) is 29.5. The minimum atomic E-state index is -0.483. The molecule has 15 nitrogen and oxygen atoms in total. The third kappa shape index (κ3) is 15.4. The Morgan fingerprint density at radius 1 is 0.901 bits per heavy atom. The van der Waals surface area contributed by atoms with E-state index in [4.69, 9.17) is 23.8 Å². The van der Waals surface area contributed by atoms with Gasteiger partial charge in [-0.05, 0) is 208 Å². The van der Waals surface area contributed by atoms with Crippen molar-refractivity contribution in [3.05, 3.63) is 119 Å². The predicted molar refractivity (Wildman–Crippen MR) is 362 cm³/mol. The summed E-state index contributed by atoms with van der Waals surface area (Å²) in [6.45, 7) is 28.4. The van der Waals surface area contributed by atoms with Crippen LogP contribution in [0.1, 0.15) is 141 Å². The maximum Gasteiger partial charge on any atom is 0.314 e. The zero-order chi connectivity index (χ0) is 63.9. The minimum absolute atomic E-state index is 0.0399. The van der Waals surface area contributed by atoms with Crippen molar-refractivity contribution in [2.24, 2.45) is 46.6 Å². The summed E-state index contributed by atoms with van der Waals surface area (Å²) in [6, 6.07) is 24.2. The second kappa shape index (κ2) is 29.4. The second-order valence-corrected chi connectivity index (χ2v) is 28.7. The number of rotatable bonds is 15. The number of aryl methyl sites for hydroxylation is 1. The van der Waals surface area contributed by atoms with Crippen LogP contribution in [0.2, 0.25) is 0 Å². The number of methoxy groups -OCH3 is 1. The average molecular weight is 1240 g/mol. The number of nitrogens with one attached hydrogen (secondary N) is 1. The lowest BCUT2D eigenvalue weighted by atomic mass is 9.66. The summed E-state index contributed by atoms with van der Waals surface area (Å²) in [5.41, 5.74) is 8.02. The molecule has 91 heavy (non-hydrogen) atoms. The fourth-order valence-corrected chi connectivity index (χ4v) is 17.1. The molecule has 4 saturated heterocycles. The van der Waals surface area contributed by atoms with Gasteiger partial charge < -0.3 is 48.9 Å². The minimum Gasteiger partial charge on any atom is -0.497 e. The first kappa shape index (κ1) is 66.3. The van der Waals surface area contributed by atoms with Gasteiger partial charge in [-0.3, -0.25) is 9.69 Å². The average Bonchev–Trinajstić information content (AvgIpc) is 1.58. The van der Waals surface area contributed by atoms with Crippen LogP contribution in [0.4, 0.5) is 5.82 Å². The SMILES string of the molecule is C=C1CC2(CCN(C)CC2)OC1C.CCCc1cc(NCC(C)(C)N(CC)CC)nnc1-c1ccccc1.CN1CC[C@@]23C=C[C@H](O)C[C@@H]2Oc2c(OC(=O)C4CC5CC6CC5CC4C6)ccc(c23)C1.COc1cccc(C#CCO/N=C/C2CN3CC[C@@H]2C3)c1. The summed E-state index contributed by atoms with van der Waals surface area (Å²) in [5, 5.41) is 26.8. The van der Waals surface area contributed by atoms with Crippen molar-refractivity contribution in [3.63, 3.8) is 0 Å². The molecule has 3 aromatic carbocycles. The molecule has 1 aromatic heterocycles. The first-order valence-electron chi connectivity index (χ1n) is 34.5. The van der Waals surface area contributed by atoms with E-state index in [9.17, 15) is 9.90 Å². The summed E-state index contributed by atoms with van der Waals surface area (Å²) in [6.07, 6.45) is 20.3. The van der Waals surface area contributed by atoms with E-state index in [1.165, 1.54) is 93.4 Å². The number of anilines is 1. The quantitative estimate of drug-likeness (QED) is 0.0221. The van der Waals surface area contributed by atoms with E-state index in [1.807, 2.05) is 60.8 Å². The predicted octanol–water partition coefficient (Wildman–Crippen LogP) is 12.3. The van der Waals surface area contributed by atoms with Gasteiger partial charge in [0.2, 0.25) is 0 Å². The van der Waals surface area contributed by atoms with Gasteiger partial charge in [-0.1, -0.05) is 105 Å². The molecule has 4 aromatic rings. The Labute approximate surface area is 543 Å². The Morgan fingerprint density at radius 2 is 1.67 bits per heavy atom. The highest BCUT2D eigenvalue weighted by Gasteiger charge is 2.54. The van der Waals surface area contributed by atoms with Gasteiger partial charge in [0.05, 0.1) is 41.9 Å². The molecule has 15 heteroatoms. The lowest BCUT2D eigenvalue weighted by molar-refractivity contribution is -0.143. The zero-order valence-corrected chi connectivity index (χ0v) is 56.1. The molecule has 2 N–H and O–H groups in total. The monoisotopic (exact) mass is 1240 g/mol. The first-order valence-corrected chi connectivity index (χ1v) is 34.5. The number of piperidine rings is 2. The van der Waals surface area contributed by atoms with Gasteiger partial charge in [0.25, 0.3) is 0 Å². The number of hydrogen-bond acceptors (Lipinski definition) is 15. The molecular formula is C76H104N8O7. The number of esters is 1.